The zero-order valence-electron chi connectivity index (χ0n) is 16.6. The maximum absolute atomic E-state index is 12.2. The number of anilines is 2. The highest BCUT2D eigenvalue weighted by atomic mass is 16.3. The number of carbonyl (C=O) groups is 1. The van der Waals surface area contributed by atoms with E-state index < -0.39 is 12.1 Å². The first-order valence-electron chi connectivity index (χ1n) is 9.44. The standard InChI is InChI=1S/C21H21N7O2/c1-13-3-5-17(8-23-13)24-21(30)26-20-10-22-9-19(25-20)15-4-6-18-16(7-15)12-28(27-18)11-14(2)29/h3-10,12,14,29H,11H2,1-2H3,(H2,24,25,26,30). The molecular formula is C21H21N7O2. The van der Waals surface area contributed by atoms with E-state index in [-0.39, 0.29) is 0 Å². The third kappa shape index (κ3) is 4.58. The van der Waals surface area contributed by atoms with E-state index in [1.54, 1.807) is 30.1 Å². The number of fused-ring (bicyclic) bond motifs is 1. The molecule has 9 nitrogen and oxygen atoms in total. The van der Waals surface area contributed by atoms with Crippen LogP contribution in [0.5, 0.6) is 0 Å². The average Bonchev–Trinajstić information content (AvgIpc) is 3.10. The molecular weight excluding hydrogens is 382 g/mol. The number of rotatable bonds is 5. The Morgan fingerprint density at radius 3 is 2.80 bits per heavy atom. The Balaban J connectivity index is 1.51. The summed E-state index contributed by atoms with van der Waals surface area (Å²) in [5, 5.41) is 20.3. The molecule has 4 aromatic rings. The van der Waals surface area contributed by atoms with Gasteiger partial charge < -0.3 is 10.4 Å². The number of aliphatic hydroxyl groups excluding tert-OH is 1. The van der Waals surface area contributed by atoms with Gasteiger partial charge in [-0.05, 0) is 38.1 Å². The van der Waals surface area contributed by atoms with Crippen molar-refractivity contribution in [3.8, 4) is 11.3 Å². The summed E-state index contributed by atoms with van der Waals surface area (Å²) >= 11 is 0. The van der Waals surface area contributed by atoms with Gasteiger partial charge in [-0.2, -0.15) is 5.10 Å². The van der Waals surface area contributed by atoms with Crippen LogP contribution < -0.4 is 10.6 Å². The predicted molar refractivity (Wildman–Crippen MR) is 114 cm³/mol. The normalized spacial score (nSPS) is 12.0. The lowest BCUT2D eigenvalue weighted by Gasteiger charge is -2.08. The van der Waals surface area contributed by atoms with Gasteiger partial charge in [0.25, 0.3) is 0 Å². The highest BCUT2D eigenvalue weighted by Gasteiger charge is 2.09. The van der Waals surface area contributed by atoms with Crippen LogP contribution in [0, 0.1) is 6.92 Å². The molecule has 9 heteroatoms. The highest BCUT2D eigenvalue weighted by molar-refractivity contribution is 5.99. The number of aryl methyl sites for hydroxylation is 1. The Labute approximate surface area is 172 Å². The SMILES string of the molecule is Cc1ccc(NC(=O)Nc2cncc(-c3ccc4nn(CC(C)O)cc4c3)n2)cn1. The molecule has 3 heterocycles. The van der Waals surface area contributed by atoms with Crippen LogP contribution in [0.1, 0.15) is 12.6 Å². The van der Waals surface area contributed by atoms with Crippen molar-refractivity contribution in [2.75, 3.05) is 10.6 Å². The van der Waals surface area contributed by atoms with Gasteiger partial charge in [-0.3, -0.25) is 20.0 Å². The van der Waals surface area contributed by atoms with Crippen LogP contribution >= 0.6 is 0 Å². The van der Waals surface area contributed by atoms with E-state index in [4.69, 9.17) is 0 Å². The van der Waals surface area contributed by atoms with Crippen molar-refractivity contribution in [1.82, 2.24) is 24.7 Å². The summed E-state index contributed by atoms with van der Waals surface area (Å²) in [7, 11) is 0. The molecule has 4 rings (SSSR count). The molecule has 0 aliphatic rings. The lowest BCUT2D eigenvalue weighted by Crippen LogP contribution is -2.20. The first-order chi connectivity index (χ1) is 14.5. The zero-order valence-corrected chi connectivity index (χ0v) is 16.6. The molecule has 0 radical (unpaired) electrons. The number of nitrogens with one attached hydrogen (secondary N) is 2. The molecule has 30 heavy (non-hydrogen) atoms. The van der Waals surface area contributed by atoms with E-state index >= 15 is 0 Å². The summed E-state index contributed by atoms with van der Waals surface area (Å²) in [6, 6.07) is 8.90. The van der Waals surface area contributed by atoms with E-state index in [0.29, 0.717) is 23.7 Å². The lowest BCUT2D eigenvalue weighted by atomic mass is 10.1. The van der Waals surface area contributed by atoms with E-state index in [9.17, 15) is 9.90 Å². The molecule has 0 spiro atoms. The lowest BCUT2D eigenvalue weighted by molar-refractivity contribution is 0.169. The third-order valence-corrected chi connectivity index (χ3v) is 4.34. The first-order valence-corrected chi connectivity index (χ1v) is 9.44. The number of aromatic nitrogens is 5. The first kappa shape index (κ1) is 19.5. The molecule has 0 fully saturated rings. The second-order valence-electron chi connectivity index (χ2n) is 7.03. The van der Waals surface area contributed by atoms with Crippen LogP contribution in [0.3, 0.4) is 0 Å². The van der Waals surface area contributed by atoms with Gasteiger partial charge in [-0.15, -0.1) is 0 Å². The van der Waals surface area contributed by atoms with Crippen molar-refractivity contribution in [2.24, 2.45) is 0 Å². The minimum Gasteiger partial charge on any atom is -0.391 e. The monoisotopic (exact) mass is 403 g/mol. The third-order valence-electron chi connectivity index (χ3n) is 4.34. The number of amides is 2. The second-order valence-corrected chi connectivity index (χ2v) is 7.03. The van der Waals surface area contributed by atoms with Crippen molar-refractivity contribution in [3.63, 3.8) is 0 Å². The van der Waals surface area contributed by atoms with Crippen LogP contribution in [0.15, 0.2) is 55.1 Å². The van der Waals surface area contributed by atoms with Gasteiger partial charge in [0.2, 0.25) is 0 Å². The largest absolute Gasteiger partial charge is 0.391 e. The molecule has 2 amide bonds. The predicted octanol–water partition coefficient (Wildman–Crippen LogP) is 3.22. The molecule has 0 saturated carbocycles. The Morgan fingerprint density at radius 1 is 1.17 bits per heavy atom. The van der Waals surface area contributed by atoms with E-state index in [0.717, 1.165) is 22.2 Å². The fraction of sp³-hybridized carbons (Fsp3) is 0.190. The molecule has 1 aromatic carbocycles. The van der Waals surface area contributed by atoms with Crippen LogP contribution in [0.2, 0.25) is 0 Å². The number of nitrogens with zero attached hydrogens (tertiary/aromatic N) is 5. The summed E-state index contributed by atoms with van der Waals surface area (Å²) in [6.45, 7) is 4.02. The summed E-state index contributed by atoms with van der Waals surface area (Å²) in [5.74, 6) is 0.329. The minimum atomic E-state index is -0.478. The van der Waals surface area contributed by atoms with Crippen LogP contribution in [-0.4, -0.2) is 42.0 Å². The average molecular weight is 403 g/mol. The van der Waals surface area contributed by atoms with Gasteiger partial charge in [0, 0.05) is 22.8 Å². The summed E-state index contributed by atoms with van der Waals surface area (Å²) in [4.78, 5) is 25.0. The number of hydrogen-bond acceptors (Lipinski definition) is 6. The molecule has 152 valence electrons. The number of pyridine rings is 1. The molecule has 0 saturated heterocycles. The molecule has 0 aliphatic carbocycles. The summed E-state index contributed by atoms with van der Waals surface area (Å²) < 4.78 is 1.72. The summed E-state index contributed by atoms with van der Waals surface area (Å²) in [6.07, 6.45) is 6.10. The smallest absolute Gasteiger partial charge is 0.324 e. The maximum atomic E-state index is 12.2. The number of urea groups is 1. The quantitative estimate of drug-likeness (QED) is 0.471. The fourth-order valence-electron chi connectivity index (χ4n) is 2.99. The number of aliphatic hydroxyl groups is 1. The minimum absolute atomic E-state index is 0.329. The molecule has 1 atom stereocenters. The van der Waals surface area contributed by atoms with Crippen molar-refractivity contribution in [3.05, 3.63) is 60.8 Å². The van der Waals surface area contributed by atoms with Gasteiger partial charge >= 0.3 is 6.03 Å². The van der Waals surface area contributed by atoms with Crippen LogP contribution in [-0.2, 0) is 6.54 Å². The molecule has 3 N–H and O–H groups in total. The van der Waals surface area contributed by atoms with Gasteiger partial charge in [-0.25, -0.2) is 9.78 Å². The Hall–Kier alpha value is -3.85. The van der Waals surface area contributed by atoms with Gasteiger partial charge in [0.15, 0.2) is 5.82 Å². The Kier molecular flexibility index (Phi) is 5.36. The van der Waals surface area contributed by atoms with Crippen molar-refractivity contribution in [1.29, 1.82) is 0 Å². The molecule has 0 bridgehead atoms. The molecule has 0 aliphatic heterocycles. The van der Waals surface area contributed by atoms with Crippen molar-refractivity contribution in [2.45, 2.75) is 26.5 Å². The number of benzene rings is 1. The van der Waals surface area contributed by atoms with Gasteiger partial charge in [0.1, 0.15) is 0 Å². The molecule has 3 aromatic heterocycles. The Bertz CT molecular complexity index is 1190. The van der Waals surface area contributed by atoms with Gasteiger partial charge in [-0.1, -0.05) is 6.07 Å². The maximum Gasteiger partial charge on any atom is 0.324 e. The van der Waals surface area contributed by atoms with Crippen molar-refractivity contribution >= 4 is 28.4 Å². The number of hydrogen-bond donors (Lipinski definition) is 3. The topological polar surface area (TPSA) is 118 Å². The molecule has 1 unspecified atom stereocenters. The van der Waals surface area contributed by atoms with Gasteiger partial charge in [0.05, 0.1) is 48.1 Å². The fourth-order valence-corrected chi connectivity index (χ4v) is 2.99. The second kappa shape index (κ2) is 8.26. The highest BCUT2D eigenvalue weighted by Crippen LogP contribution is 2.23. The van der Waals surface area contributed by atoms with Crippen LogP contribution in [0.4, 0.5) is 16.3 Å². The Morgan fingerprint density at radius 2 is 2.03 bits per heavy atom. The van der Waals surface area contributed by atoms with Crippen LogP contribution in [0.25, 0.3) is 22.2 Å². The summed E-state index contributed by atoms with van der Waals surface area (Å²) in [5.41, 5.74) is 3.75. The van der Waals surface area contributed by atoms with Crippen molar-refractivity contribution < 1.29 is 9.90 Å². The number of carbonyl (C=O) groups excluding carboxylic acids is 1. The van der Waals surface area contributed by atoms with E-state index in [2.05, 4.69) is 30.7 Å². The van der Waals surface area contributed by atoms with E-state index in [1.165, 1.54) is 6.20 Å². The zero-order chi connectivity index (χ0) is 21.1. The van der Waals surface area contributed by atoms with E-state index in [1.807, 2.05) is 37.4 Å².